The molecule has 2 heterocycles. The quantitative estimate of drug-likeness (QED) is 0.883. The fourth-order valence-electron chi connectivity index (χ4n) is 3.28. The molecule has 0 saturated heterocycles. The van der Waals surface area contributed by atoms with Gasteiger partial charge >= 0.3 is 5.97 Å². The molecule has 112 valence electrons. The lowest BCUT2D eigenvalue weighted by molar-refractivity contribution is -0.150. The van der Waals surface area contributed by atoms with Crippen LogP contribution in [0.25, 0.3) is 10.9 Å². The van der Waals surface area contributed by atoms with E-state index in [2.05, 4.69) is 30.1 Å². The van der Waals surface area contributed by atoms with E-state index in [0.717, 1.165) is 18.5 Å². The number of hydrogen-bond donors (Lipinski definition) is 1. The molecule has 0 bridgehead atoms. The van der Waals surface area contributed by atoms with Crippen molar-refractivity contribution in [1.29, 1.82) is 0 Å². The molecule has 4 heteroatoms. The summed E-state index contributed by atoms with van der Waals surface area (Å²) in [7, 11) is 1.41. The maximum atomic E-state index is 11.7. The van der Waals surface area contributed by atoms with Crippen LogP contribution in [-0.2, 0) is 32.7 Å². The minimum absolute atomic E-state index is 0.227. The van der Waals surface area contributed by atoms with Crippen molar-refractivity contribution < 1.29 is 14.3 Å². The number of hydrogen-bond acceptors (Lipinski definition) is 3. The molecule has 3 rings (SSSR count). The highest BCUT2D eigenvalue weighted by molar-refractivity contribution is 5.88. The Labute approximate surface area is 124 Å². The van der Waals surface area contributed by atoms with Crippen LogP contribution in [0.2, 0.25) is 0 Å². The van der Waals surface area contributed by atoms with E-state index < -0.39 is 5.60 Å². The summed E-state index contributed by atoms with van der Waals surface area (Å²) in [5, 5.41) is 1.25. The first-order valence-corrected chi connectivity index (χ1v) is 7.42. The van der Waals surface area contributed by atoms with Crippen molar-refractivity contribution in [2.24, 2.45) is 0 Å². The van der Waals surface area contributed by atoms with Gasteiger partial charge in [0.1, 0.15) is 5.60 Å². The lowest BCUT2D eigenvalue weighted by Gasteiger charge is -2.33. The molecule has 0 spiro atoms. The van der Waals surface area contributed by atoms with Crippen LogP contribution in [0.15, 0.2) is 18.2 Å². The molecule has 0 amide bonds. The maximum Gasteiger partial charge on any atom is 0.308 e. The van der Waals surface area contributed by atoms with Gasteiger partial charge < -0.3 is 14.5 Å². The molecule has 0 saturated carbocycles. The number of rotatable bonds is 3. The number of ether oxygens (including phenoxy) is 2. The van der Waals surface area contributed by atoms with Crippen LogP contribution in [0.4, 0.5) is 0 Å². The lowest BCUT2D eigenvalue weighted by Crippen LogP contribution is -2.35. The van der Waals surface area contributed by atoms with Crippen molar-refractivity contribution in [3.63, 3.8) is 0 Å². The van der Waals surface area contributed by atoms with Crippen LogP contribution >= 0.6 is 0 Å². The van der Waals surface area contributed by atoms with E-state index >= 15 is 0 Å². The molecule has 1 aromatic heterocycles. The van der Waals surface area contributed by atoms with Gasteiger partial charge in [-0.1, -0.05) is 25.1 Å². The van der Waals surface area contributed by atoms with E-state index in [9.17, 15) is 4.79 Å². The molecule has 0 fully saturated rings. The predicted octanol–water partition coefficient (Wildman–Crippen LogP) is 3.08. The van der Waals surface area contributed by atoms with Crippen LogP contribution in [0.5, 0.6) is 0 Å². The van der Waals surface area contributed by atoms with E-state index in [-0.39, 0.29) is 12.4 Å². The summed E-state index contributed by atoms with van der Waals surface area (Å²) in [6.07, 6.45) is 2.08. The molecule has 21 heavy (non-hydrogen) atoms. The highest BCUT2D eigenvalue weighted by Gasteiger charge is 2.38. The number of esters is 1. The van der Waals surface area contributed by atoms with E-state index in [1.165, 1.54) is 29.1 Å². The summed E-state index contributed by atoms with van der Waals surface area (Å²) in [4.78, 5) is 15.2. The van der Waals surface area contributed by atoms with E-state index in [1.54, 1.807) is 0 Å². The summed E-state index contributed by atoms with van der Waals surface area (Å²) in [6.45, 7) is 4.74. The fourth-order valence-corrected chi connectivity index (χ4v) is 3.28. The number of nitrogens with one attached hydrogen (secondary N) is 1. The van der Waals surface area contributed by atoms with Gasteiger partial charge in [-0.05, 0) is 30.9 Å². The summed E-state index contributed by atoms with van der Waals surface area (Å²) in [6, 6.07) is 6.39. The van der Waals surface area contributed by atoms with Gasteiger partial charge in [0.25, 0.3) is 0 Å². The molecular weight excluding hydrogens is 266 g/mol. The van der Waals surface area contributed by atoms with Gasteiger partial charge in [0.15, 0.2) is 0 Å². The monoisotopic (exact) mass is 287 g/mol. The number of aromatic nitrogens is 1. The Balaban J connectivity index is 2.15. The van der Waals surface area contributed by atoms with Gasteiger partial charge in [-0.25, -0.2) is 0 Å². The van der Waals surface area contributed by atoms with Crippen LogP contribution < -0.4 is 0 Å². The number of H-pyrrole nitrogens is 1. The van der Waals surface area contributed by atoms with Gasteiger partial charge in [0.05, 0.1) is 25.8 Å². The highest BCUT2D eigenvalue weighted by atomic mass is 16.5. The van der Waals surface area contributed by atoms with Crippen LogP contribution in [-0.4, -0.2) is 24.7 Å². The Morgan fingerprint density at radius 1 is 1.48 bits per heavy atom. The molecule has 1 aliphatic rings. The van der Waals surface area contributed by atoms with Crippen molar-refractivity contribution >= 4 is 16.9 Å². The van der Waals surface area contributed by atoms with Crippen molar-refractivity contribution in [1.82, 2.24) is 4.98 Å². The third-order valence-electron chi connectivity index (χ3n) is 4.42. The SMILES string of the molecule is CCc1cccc2c3c([nH]c12)C(C)(CC(=O)OC)OCC3. The molecule has 1 aromatic carbocycles. The molecule has 1 atom stereocenters. The molecule has 2 aromatic rings. The minimum Gasteiger partial charge on any atom is -0.469 e. The average molecular weight is 287 g/mol. The molecule has 0 aliphatic carbocycles. The van der Waals surface area contributed by atoms with Crippen LogP contribution in [0, 0.1) is 0 Å². The van der Waals surface area contributed by atoms with Crippen molar-refractivity contribution in [3.05, 3.63) is 35.0 Å². The van der Waals surface area contributed by atoms with Gasteiger partial charge in [-0.3, -0.25) is 4.79 Å². The van der Waals surface area contributed by atoms with Gasteiger partial charge in [0.2, 0.25) is 0 Å². The highest BCUT2D eigenvalue weighted by Crippen LogP contribution is 2.39. The first-order chi connectivity index (χ1) is 10.1. The second-order valence-corrected chi connectivity index (χ2v) is 5.75. The second-order valence-electron chi connectivity index (χ2n) is 5.75. The zero-order valence-electron chi connectivity index (χ0n) is 12.8. The number of benzene rings is 1. The van der Waals surface area contributed by atoms with Crippen molar-refractivity contribution in [2.75, 3.05) is 13.7 Å². The lowest BCUT2D eigenvalue weighted by atomic mass is 9.90. The topological polar surface area (TPSA) is 51.3 Å². The summed E-state index contributed by atoms with van der Waals surface area (Å²) >= 11 is 0. The van der Waals surface area contributed by atoms with E-state index in [1.807, 2.05) is 6.92 Å². The third kappa shape index (κ3) is 2.23. The summed E-state index contributed by atoms with van der Waals surface area (Å²) in [5.41, 5.74) is 4.13. The standard InChI is InChI=1S/C17H21NO3/c1-4-11-6-5-7-12-13-8-9-21-17(2,10-14(19)20-3)16(13)18-15(11)12/h5-7,18H,4,8-10H2,1-3H3. The molecule has 4 nitrogen and oxygen atoms in total. The van der Waals surface area contributed by atoms with Gasteiger partial charge in [-0.15, -0.1) is 0 Å². The Hall–Kier alpha value is -1.81. The number of carbonyl (C=O) groups excluding carboxylic acids is 1. The number of aryl methyl sites for hydroxylation is 1. The third-order valence-corrected chi connectivity index (χ3v) is 4.42. The van der Waals surface area contributed by atoms with Crippen molar-refractivity contribution in [2.45, 2.75) is 38.7 Å². The predicted molar refractivity (Wildman–Crippen MR) is 81.3 cm³/mol. The smallest absolute Gasteiger partial charge is 0.308 e. The fraction of sp³-hybridized carbons (Fsp3) is 0.471. The number of para-hydroxylation sites is 1. The van der Waals surface area contributed by atoms with Gasteiger partial charge in [-0.2, -0.15) is 0 Å². The molecule has 0 radical (unpaired) electrons. The Morgan fingerprint density at radius 2 is 2.29 bits per heavy atom. The minimum atomic E-state index is -0.634. The van der Waals surface area contributed by atoms with Gasteiger partial charge in [0, 0.05) is 10.9 Å². The number of carbonyl (C=O) groups is 1. The Morgan fingerprint density at radius 3 is 3.00 bits per heavy atom. The van der Waals surface area contributed by atoms with Crippen LogP contribution in [0.3, 0.4) is 0 Å². The average Bonchev–Trinajstić information content (AvgIpc) is 2.87. The Bertz CT molecular complexity index is 689. The first-order valence-electron chi connectivity index (χ1n) is 7.42. The zero-order valence-corrected chi connectivity index (χ0v) is 12.8. The largest absolute Gasteiger partial charge is 0.469 e. The number of fused-ring (bicyclic) bond motifs is 3. The zero-order chi connectivity index (χ0) is 15.0. The van der Waals surface area contributed by atoms with Crippen molar-refractivity contribution in [3.8, 4) is 0 Å². The molecule has 1 N–H and O–H groups in total. The normalized spacial score (nSPS) is 21.3. The summed E-state index contributed by atoms with van der Waals surface area (Å²) < 4.78 is 10.8. The number of aromatic amines is 1. The molecule has 1 aliphatic heterocycles. The van der Waals surface area contributed by atoms with E-state index in [4.69, 9.17) is 9.47 Å². The number of methoxy groups -OCH3 is 1. The second kappa shape index (κ2) is 5.19. The molecule has 1 unspecified atom stereocenters. The maximum absolute atomic E-state index is 11.7. The van der Waals surface area contributed by atoms with E-state index in [0.29, 0.717) is 6.61 Å². The van der Waals surface area contributed by atoms with Crippen LogP contribution in [0.1, 0.15) is 37.1 Å². The Kier molecular flexibility index (Phi) is 3.49. The summed E-state index contributed by atoms with van der Waals surface area (Å²) in [5.74, 6) is -0.250. The first kappa shape index (κ1) is 14.1. The molecular formula is C17H21NO3.